The zero-order valence-electron chi connectivity index (χ0n) is 19.4. The molecule has 0 fully saturated rings. The average Bonchev–Trinajstić information content (AvgIpc) is 3.39. The number of nitrogens with one attached hydrogen (secondary N) is 1. The van der Waals surface area contributed by atoms with Crippen LogP contribution in [0.2, 0.25) is 0 Å². The van der Waals surface area contributed by atoms with E-state index in [-0.39, 0.29) is 30.0 Å². The molecule has 0 aliphatic carbocycles. The van der Waals surface area contributed by atoms with Gasteiger partial charge in [0, 0.05) is 51.1 Å². The van der Waals surface area contributed by atoms with E-state index >= 15 is 0 Å². The van der Waals surface area contributed by atoms with Gasteiger partial charge in [-0.1, -0.05) is 24.8 Å². The van der Waals surface area contributed by atoms with Crippen molar-refractivity contribution in [1.82, 2.24) is 15.1 Å². The van der Waals surface area contributed by atoms with E-state index in [1.165, 1.54) is 22.1 Å². The molecule has 0 radical (unpaired) electrons. The van der Waals surface area contributed by atoms with E-state index in [1.807, 2.05) is 24.3 Å². The number of fused-ring (bicyclic) bond motifs is 2. The summed E-state index contributed by atoms with van der Waals surface area (Å²) in [5, 5.41) is 2.49. The van der Waals surface area contributed by atoms with E-state index in [4.69, 9.17) is 0 Å². The van der Waals surface area contributed by atoms with Crippen LogP contribution in [-0.4, -0.2) is 54.1 Å². The number of carbonyl (C=O) groups is 4. The Morgan fingerprint density at radius 2 is 1.82 bits per heavy atom. The predicted octanol–water partition coefficient (Wildman–Crippen LogP) is 2.45. The van der Waals surface area contributed by atoms with E-state index in [0.717, 1.165) is 34.4 Å². The van der Waals surface area contributed by atoms with Crippen LogP contribution in [0.15, 0.2) is 61.0 Å². The van der Waals surface area contributed by atoms with Gasteiger partial charge in [0.05, 0.1) is 6.54 Å². The molecule has 0 spiro atoms. The number of rotatable bonds is 5. The van der Waals surface area contributed by atoms with Crippen molar-refractivity contribution in [1.29, 1.82) is 0 Å². The van der Waals surface area contributed by atoms with Crippen molar-refractivity contribution < 1.29 is 19.2 Å². The van der Waals surface area contributed by atoms with Gasteiger partial charge in [-0.15, -0.1) is 0 Å². The maximum atomic E-state index is 13.1. The number of hydrogen-bond acceptors (Lipinski definition) is 4. The van der Waals surface area contributed by atoms with Crippen LogP contribution in [0.1, 0.15) is 28.4 Å². The Hall–Kier alpha value is -4.20. The minimum Gasteiger partial charge on any atom is -0.345 e. The number of hydrogen-bond donors (Lipinski definition) is 1. The van der Waals surface area contributed by atoms with Gasteiger partial charge < -0.3 is 15.1 Å². The molecule has 0 saturated heterocycles. The molecule has 2 aliphatic rings. The van der Waals surface area contributed by atoms with E-state index in [0.29, 0.717) is 12.1 Å². The summed E-state index contributed by atoms with van der Waals surface area (Å²) in [7, 11) is 3.21. The minimum atomic E-state index is -0.563. The number of carbonyl (C=O) groups excluding carboxylic acids is 4. The van der Waals surface area contributed by atoms with Crippen molar-refractivity contribution in [2.75, 3.05) is 25.5 Å². The lowest BCUT2D eigenvalue weighted by Crippen LogP contribution is -2.32. The SMILES string of the molecule is C=C(C(=O)N/C=C/C(=O)N(C)C)N1Cc2c(cccc2-c2ccc3c(c2)CCN3C(C)=O)C1=O. The Balaban J connectivity index is 1.56. The summed E-state index contributed by atoms with van der Waals surface area (Å²) in [6, 6.07) is 11.5. The largest absolute Gasteiger partial charge is 0.345 e. The highest BCUT2D eigenvalue weighted by Crippen LogP contribution is 2.37. The summed E-state index contributed by atoms with van der Waals surface area (Å²) >= 11 is 0. The fourth-order valence-electron chi connectivity index (χ4n) is 4.26. The predicted molar refractivity (Wildman–Crippen MR) is 129 cm³/mol. The Morgan fingerprint density at radius 3 is 2.53 bits per heavy atom. The maximum Gasteiger partial charge on any atom is 0.271 e. The molecule has 174 valence electrons. The fourth-order valence-corrected chi connectivity index (χ4v) is 4.26. The van der Waals surface area contributed by atoms with Gasteiger partial charge in [0.15, 0.2) is 0 Å². The van der Waals surface area contributed by atoms with Gasteiger partial charge in [0.1, 0.15) is 5.70 Å². The van der Waals surface area contributed by atoms with E-state index in [2.05, 4.69) is 18.0 Å². The van der Waals surface area contributed by atoms with Crippen LogP contribution in [0.4, 0.5) is 5.69 Å². The molecule has 2 aromatic rings. The van der Waals surface area contributed by atoms with Crippen LogP contribution in [0.25, 0.3) is 11.1 Å². The highest BCUT2D eigenvalue weighted by Gasteiger charge is 2.33. The van der Waals surface area contributed by atoms with E-state index in [9.17, 15) is 19.2 Å². The summed E-state index contributed by atoms with van der Waals surface area (Å²) in [6.45, 7) is 6.24. The van der Waals surface area contributed by atoms with Gasteiger partial charge in [-0.25, -0.2) is 0 Å². The van der Waals surface area contributed by atoms with Crippen molar-refractivity contribution >= 4 is 29.3 Å². The van der Waals surface area contributed by atoms with Crippen molar-refractivity contribution in [3.63, 3.8) is 0 Å². The molecular formula is C26H26N4O4. The van der Waals surface area contributed by atoms with Gasteiger partial charge in [-0.3, -0.25) is 24.1 Å². The second-order valence-electron chi connectivity index (χ2n) is 8.47. The zero-order valence-corrected chi connectivity index (χ0v) is 19.4. The average molecular weight is 459 g/mol. The molecule has 2 aromatic carbocycles. The monoisotopic (exact) mass is 458 g/mol. The normalized spacial score (nSPS) is 14.3. The number of nitrogens with zero attached hydrogens (tertiary/aromatic N) is 3. The third-order valence-corrected chi connectivity index (χ3v) is 6.10. The molecule has 0 bridgehead atoms. The molecule has 2 aliphatic heterocycles. The van der Waals surface area contributed by atoms with Crippen molar-refractivity contribution in [2.45, 2.75) is 19.9 Å². The third-order valence-electron chi connectivity index (χ3n) is 6.10. The van der Waals surface area contributed by atoms with Gasteiger partial charge in [-0.2, -0.15) is 0 Å². The lowest BCUT2D eigenvalue weighted by Gasteiger charge is -2.17. The van der Waals surface area contributed by atoms with Gasteiger partial charge in [0.25, 0.3) is 11.8 Å². The van der Waals surface area contributed by atoms with E-state index < -0.39 is 5.91 Å². The first-order valence-electron chi connectivity index (χ1n) is 10.9. The number of anilines is 1. The van der Waals surface area contributed by atoms with Crippen LogP contribution in [0.5, 0.6) is 0 Å². The Morgan fingerprint density at radius 1 is 1.09 bits per heavy atom. The third kappa shape index (κ3) is 4.10. The highest BCUT2D eigenvalue weighted by molar-refractivity contribution is 6.06. The first-order chi connectivity index (χ1) is 16.2. The number of benzene rings is 2. The molecule has 0 atom stereocenters. The quantitative estimate of drug-likeness (QED) is 0.697. The van der Waals surface area contributed by atoms with Crippen LogP contribution < -0.4 is 10.2 Å². The smallest absolute Gasteiger partial charge is 0.271 e. The summed E-state index contributed by atoms with van der Waals surface area (Å²) in [5.74, 6) is -1.12. The molecule has 4 amide bonds. The van der Waals surface area contributed by atoms with Crippen LogP contribution in [-0.2, 0) is 27.3 Å². The summed E-state index contributed by atoms with van der Waals surface area (Å²) in [5.41, 5.74) is 5.22. The van der Waals surface area contributed by atoms with Crippen molar-refractivity contribution in [2.24, 2.45) is 0 Å². The van der Waals surface area contributed by atoms with E-state index in [1.54, 1.807) is 32.0 Å². The zero-order chi connectivity index (χ0) is 24.6. The molecule has 0 saturated carbocycles. The Kier molecular flexibility index (Phi) is 6.06. The molecule has 0 aromatic heterocycles. The highest BCUT2D eigenvalue weighted by atomic mass is 16.2. The summed E-state index contributed by atoms with van der Waals surface area (Å²) in [6.07, 6.45) is 3.25. The van der Waals surface area contributed by atoms with Crippen molar-refractivity contribution in [3.8, 4) is 11.1 Å². The molecular weight excluding hydrogens is 432 g/mol. The Labute approximate surface area is 198 Å². The summed E-state index contributed by atoms with van der Waals surface area (Å²) < 4.78 is 0. The van der Waals surface area contributed by atoms with Crippen LogP contribution >= 0.6 is 0 Å². The fraction of sp³-hybridized carbons (Fsp3) is 0.231. The van der Waals surface area contributed by atoms with Crippen molar-refractivity contribution in [3.05, 3.63) is 77.6 Å². The Bertz CT molecular complexity index is 1260. The molecule has 4 rings (SSSR count). The molecule has 8 nitrogen and oxygen atoms in total. The lowest BCUT2D eigenvalue weighted by atomic mass is 9.95. The second kappa shape index (κ2) is 8.97. The lowest BCUT2D eigenvalue weighted by molar-refractivity contribution is -0.123. The standard InChI is InChI=1S/C26H26N4O4/c1-16(25(33)27-12-10-24(32)28(3)4)30-15-22-20(6-5-7-21(22)26(30)34)18-8-9-23-19(14-18)11-13-29(23)17(2)31/h5-10,12,14H,1,11,13,15H2,2-4H3,(H,27,33)/b12-10+. The maximum absolute atomic E-state index is 13.1. The topological polar surface area (TPSA) is 90.0 Å². The second-order valence-corrected chi connectivity index (χ2v) is 8.47. The van der Waals surface area contributed by atoms with Gasteiger partial charge in [-0.05, 0) is 46.9 Å². The summed E-state index contributed by atoms with van der Waals surface area (Å²) in [4.78, 5) is 53.6. The molecule has 8 heteroatoms. The molecule has 0 unspecified atom stereocenters. The molecule has 1 N–H and O–H groups in total. The number of amides is 4. The first kappa shape index (κ1) is 23.0. The number of likely N-dealkylation sites (N-methyl/N-ethyl adjacent to an activating group) is 1. The first-order valence-corrected chi connectivity index (χ1v) is 10.9. The minimum absolute atomic E-state index is 0.000144. The molecule has 34 heavy (non-hydrogen) atoms. The molecule has 2 heterocycles. The van der Waals surface area contributed by atoms with Crippen LogP contribution in [0, 0.1) is 0 Å². The van der Waals surface area contributed by atoms with Gasteiger partial charge in [0.2, 0.25) is 11.8 Å². The van der Waals surface area contributed by atoms with Gasteiger partial charge >= 0.3 is 0 Å². The van der Waals surface area contributed by atoms with Crippen LogP contribution in [0.3, 0.4) is 0 Å².